The highest BCUT2D eigenvalue weighted by Gasteiger charge is 2.10. The summed E-state index contributed by atoms with van der Waals surface area (Å²) in [5, 5.41) is 2.54. The predicted octanol–water partition coefficient (Wildman–Crippen LogP) is 1.81. The molecule has 0 unspecified atom stereocenters. The summed E-state index contributed by atoms with van der Waals surface area (Å²) >= 11 is 0. The number of rotatable bonds is 4. The molecule has 1 aromatic rings. The van der Waals surface area contributed by atoms with E-state index in [1.54, 1.807) is 24.3 Å². The zero-order valence-corrected chi connectivity index (χ0v) is 9.24. The fourth-order valence-corrected chi connectivity index (χ4v) is 1.32. The van der Waals surface area contributed by atoms with Gasteiger partial charge in [-0.15, -0.1) is 0 Å². The van der Waals surface area contributed by atoms with Gasteiger partial charge in [0.2, 0.25) is 5.91 Å². The van der Waals surface area contributed by atoms with E-state index in [1.165, 1.54) is 13.8 Å². The second-order valence-electron chi connectivity index (χ2n) is 3.53. The monoisotopic (exact) mass is 219 g/mol. The molecular formula is C12H13NO3. The van der Waals surface area contributed by atoms with E-state index < -0.39 is 5.91 Å². The van der Waals surface area contributed by atoms with Crippen molar-refractivity contribution in [3.05, 3.63) is 29.8 Å². The van der Waals surface area contributed by atoms with Gasteiger partial charge >= 0.3 is 0 Å². The van der Waals surface area contributed by atoms with E-state index in [-0.39, 0.29) is 18.0 Å². The minimum Gasteiger partial charge on any atom is -0.325 e. The van der Waals surface area contributed by atoms with Crippen molar-refractivity contribution in [3.8, 4) is 0 Å². The highest BCUT2D eigenvalue weighted by atomic mass is 16.2. The van der Waals surface area contributed by atoms with Gasteiger partial charge in [-0.25, -0.2) is 0 Å². The molecule has 0 aliphatic heterocycles. The topological polar surface area (TPSA) is 63.2 Å². The second kappa shape index (κ2) is 5.21. The van der Waals surface area contributed by atoms with Gasteiger partial charge in [0.1, 0.15) is 5.78 Å². The fourth-order valence-electron chi connectivity index (χ4n) is 1.32. The van der Waals surface area contributed by atoms with Gasteiger partial charge in [-0.3, -0.25) is 14.4 Å². The third-order valence-electron chi connectivity index (χ3n) is 1.99. The lowest BCUT2D eigenvalue weighted by Gasteiger charge is -2.07. The van der Waals surface area contributed by atoms with Crippen LogP contribution in [0.2, 0.25) is 0 Å². The van der Waals surface area contributed by atoms with E-state index in [1.807, 2.05) is 0 Å². The standard InChI is InChI=1S/C12H13NO3/c1-8(14)7-12(16)13-11-6-4-3-5-10(11)9(2)15/h3-6H,7H2,1-2H3,(H,13,16). The van der Waals surface area contributed by atoms with Crippen LogP contribution >= 0.6 is 0 Å². The van der Waals surface area contributed by atoms with Crippen LogP contribution in [0, 0.1) is 0 Å². The Hall–Kier alpha value is -1.97. The first-order chi connectivity index (χ1) is 7.50. The molecule has 0 saturated carbocycles. The summed E-state index contributed by atoms with van der Waals surface area (Å²) in [5.74, 6) is -0.738. The minimum absolute atomic E-state index is 0.126. The van der Waals surface area contributed by atoms with Crippen molar-refractivity contribution >= 4 is 23.2 Å². The summed E-state index contributed by atoms with van der Waals surface area (Å²) in [6.07, 6.45) is -0.174. The van der Waals surface area contributed by atoms with Gasteiger partial charge in [-0.05, 0) is 26.0 Å². The third kappa shape index (κ3) is 3.31. The molecule has 0 heterocycles. The Bertz CT molecular complexity index is 438. The molecule has 1 N–H and O–H groups in total. The molecule has 1 aromatic carbocycles. The molecule has 1 rings (SSSR count). The highest BCUT2D eigenvalue weighted by molar-refractivity contribution is 6.07. The molecule has 0 atom stereocenters. The maximum atomic E-state index is 11.4. The molecule has 0 aromatic heterocycles. The lowest BCUT2D eigenvalue weighted by Crippen LogP contribution is -2.16. The van der Waals surface area contributed by atoms with Gasteiger partial charge < -0.3 is 5.32 Å². The van der Waals surface area contributed by atoms with Crippen molar-refractivity contribution in [2.45, 2.75) is 20.3 Å². The maximum Gasteiger partial charge on any atom is 0.231 e. The number of carbonyl (C=O) groups excluding carboxylic acids is 3. The molecule has 0 bridgehead atoms. The normalized spacial score (nSPS) is 9.62. The largest absolute Gasteiger partial charge is 0.325 e. The van der Waals surface area contributed by atoms with E-state index in [9.17, 15) is 14.4 Å². The van der Waals surface area contributed by atoms with Crippen LogP contribution in [0.25, 0.3) is 0 Å². The summed E-state index contributed by atoms with van der Waals surface area (Å²) in [5.41, 5.74) is 0.889. The van der Waals surface area contributed by atoms with Crippen LogP contribution in [0.15, 0.2) is 24.3 Å². The van der Waals surface area contributed by atoms with Crippen LogP contribution in [0.4, 0.5) is 5.69 Å². The molecule has 4 nitrogen and oxygen atoms in total. The van der Waals surface area contributed by atoms with E-state index in [0.29, 0.717) is 11.3 Å². The summed E-state index contributed by atoms with van der Waals surface area (Å²) in [7, 11) is 0. The van der Waals surface area contributed by atoms with Crippen LogP contribution in [0.3, 0.4) is 0 Å². The lowest BCUT2D eigenvalue weighted by atomic mass is 10.1. The Morgan fingerprint density at radius 3 is 2.31 bits per heavy atom. The van der Waals surface area contributed by atoms with Gasteiger partial charge in [0, 0.05) is 5.56 Å². The van der Waals surface area contributed by atoms with Gasteiger partial charge in [0.25, 0.3) is 0 Å². The molecule has 0 radical (unpaired) electrons. The first-order valence-corrected chi connectivity index (χ1v) is 4.90. The summed E-state index contributed by atoms with van der Waals surface area (Å²) in [4.78, 5) is 33.3. The maximum absolute atomic E-state index is 11.4. The van der Waals surface area contributed by atoms with E-state index in [0.717, 1.165) is 0 Å². The van der Waals surface area contributed by atoms with Gasteiger partial charge in [-0.2, -0.15) is 0 Å². The zero-order chi connectivity index (χ0) is 12.1. The lowest BCUT2D eigenvalue weighted by molar-refractivity contribution is -0.124. The number of nitrogens with one attached hydrogen (secondary N) is 1. The van der Waals surface area contributed by atoms with Gasteiger partial charge in [-0.1, -0.05) is 12.1 Å². The minimum atomic E-state index is -0.402. The summed E-state index contributed by atoms with van der Waals surface area (Å²) in [6.45, 7) is 2.77. The van der Waals surface area contributed by atoms with E-state index in [2.05, 4.69) is 5.32 Å². The Morgan fingerprint density at radius 1 is 1.12 bits per heavy atom. The molecule has 0 aliphatic rings. The van der Waals surface area contributed by atoms with Crippen molar-refractivity contribution in [3.63, 3.8) is 0 Å². The fraction of sp³-hybridized carbons (Fsp3) is 0.250. The SMILES string of the molecule is CC(=O)CC(=O)Nc1ccccc1C(C)=O. The number of anilines is 1. The van der Waals surface area contributed by atoms with Crippen molar-refractivity contribution in [2.75, 3.05) is 5.32 Å². The quantitative estimate of drug-likeness (QED) is 0.620. The number of amides is 1. The van der Waals surface area contributed by atoms with Crippen LogP contribution in [0.5, 0.6) is 0 Å². The number of ketones is 2. The van der Waals surface area contributed by atoms with Crippen LogP contribution in [-0.4, -0.2) is 17.5 Å². The first kappa shape index (κ1) is 12.1. The van der Waals surface area contributed by atoms with Gasteiger partial charge in [0.05, 0.1) is 12.1 Å². The molecule has 16 heavy (non-hydrogen) atoms. The number of benzene rings is 1. The number of para-hydroxylation sites is 1. The number of hydrogen-bond donors (Lipinski definition) is 1. The average Bonchev–Trinajstić information content (AvgIpc) is 2.16. The van der Waals surface area contributed by atoms with E-state index in [4.69, 9.17) is 0 Å². The molecule has 84 valence electrons. The molecule has 0 aliphatic carbocycles. The first-order valence-electron chi connectivity index (χ1n) is 4.90. The smallest absolute Gasteiger partial charge is 0.231 e. The highest BCUT2D eigenvalue weighted by Crippen LogP contribution is 2.15. The summed E-state index contributed by atoms with van der Waals surface area (Å²) in [6, 6.07) is 6.70. The van der Waals surface area contributed by atoms with Gasteiger partial charge in [0.15, 0.2) is 5.78 Å². The predicted molar refractivity (Wildman–Crippen MR) is 60.4 cm³/mol. The number of hydrogen-bond acceptors (Lipinski definition) is 3. The van der Waals surface area contributed by atoms with Crippen molar-refractivity contribution in [1.29, 1.82) is 0 Å². The van der Waals surface area contributed by atoms with Crippen molar-refractivity contribution in [2.24, 2.45) is 0 Å². The summed E-state index contributed by atoms with van der Waals surface area (Å²) < 4.78 is 0. The Labute approximate surface area is 93.7 Å². The molecule has 0 spiro atoms. The van der Waals surface area contributed by atoms with E-state index >= 15 is 0 Å². The second-order valence-corrected chi connectivity index (χ2v) is 3.53. The van der Waals surface area contributed by atoms with Crippen molar-refractivity contribution < 1.29 is 14.4 Å². The van der Waals surface area contributed by atoms with Crippen LogP contribution in [0.1, 0.15) is 30.6 Å². The molecule has 0 fully saturated rings. The average molecular weight is 219 g/mol. The molecule has 0 saturated heterocycles. The van der Waals surface area contributed by atoms with Crippen LogP contribution in [-0.2, 0) is 9.59 Å². The zero-order valence-electron chi connectivity index (χ0n) is 9.24. The molecule has 4 heteroatoms. The Kier molecular flexibility index (Phi) is 3.94. The number of carbonyl (C=O) groups is 3. The molecular weight excluding hydrogens is 206 g/mol. The van der Waals surface area contributed by atoms with Crippen LogP contribution < -0.4 is 5.32 Å². The Morgan fingerprint density at radius 2 is 1.75 bits per heavy atom. The third-order valence-corrected chi connectivity index (χ3v) is 1.99. The molecule has 1 amide bonds. The van der Waals surface area contributed by atoms with Crippen molar-refractivity contribution in [1.82, 2.24) is 0 Å². The number of Topliss-reactive ketones (excluding diaryl/α,β-unsaturated/α-hetero) is 2. The Balaban J connectivity index is 2.84.